The topological polar surface area (TPSA) is 33.1 Å². The van der Waals surface area contributed by atoms with E-state index in [-0.39, 0.29) is 5.82 Å². The van der Waals surface area contributed by atoms with Crippen LogP contribution in [0.3, 0.4) is 0 Å². The second kappa shape index (κ2) is 5.54. The van der Waals surface area contributed by atoms with Crippen molar-refractivity contribution in [2.75, 3.05) is 0 Å². The Kier molecular flexibility index (Phi) is 3.74. The summed E-state index contributed by atoms with van der Waals surface area (Å²) in [5.74, 6) is -0.311. The smallest absolute Gasteiger partial charge is 0.123 e. The fourth-order valence-electron chi connectivity index (χ4n) is 2.39. The summed E-state index contributed by atoms with van der Waals surface area (Å²) in [6.45, 7) is 1.77. The quantitative estimate of drug-likeness (QED) is 0.740. The van der Waals surface area contributed by atoms with Crippen molar-refractivity contribution in [2.24, 2.45) is 0 Å². The molecule has 1 heterocycles. The van der Waals surface area contributed by atoms with Crippen LogP contribution in [0.15, 0.2) is 53.0 Å². The zero-order chi connectivity index (χ0) is 15.0. The lowest BCUT2D eigenvalue weighted by Crippen LogP contribution is -2.06. The van der Waals surface area contributed by atoms with Crippen LogP contribution in [0.25, 0.3) is 10.9 Å². The normalized spacial score (nSPS) is 12.6. The van der Waals surface area contributed by atoms with E-state index >= 15 is 0 Å². The molecule has 0 aliphatic rings. The molecule has 3 rings (SSSR count). The first-order valence-electron chi connectivity index (χ1n) is 6.55. The van der Waals surface area contributed by atoms with Crippen molar-refractivity contribution in [3.8, 4) is 0 Å². The Morgan fingerprint density at radius 1 is 1.14 bits per heavy atom. The van der Waals surface area contributed by atoms with Crippen LogP contribution < -0.4 is 0 Å². The van der Waals surface area contributed by atoms with E-state index in [1.807, 2.05) is 30.3 Å². The van der Waals surface area contributed by atoms with Gasteiger partial charge in [0.25, 0.3) is 0 Å². The van der Waals surface area contributed by atoms with Gasteiger partial charge in [0.1, 0.15) is 11.9 Å². The molecule has 0 aliphatic heterocycles. The van der Waals surface area contributed by atoms with Crippen molar-refractivity contribution in [2.45, 2.75) is 13.0 Å². The summed E-state index contributed by atoms with van der Waals surface area (Å²) in [6, 6.07) is 14.0. The average Bonchev–Trinajstić information content (AvgIpc) is 2.46. The molecule has 4 heteroatoms. The van der Waals surface area contributed by atoms with E-state index in [1.54, 1.807) is 13.0 Å². The SMILES string of the molecule is Cc1cc(F)ccc1C(O)c1nc2ccccc2cc1Br. The molecule has 0 radical (unpaired) electrons. The highest BCUT2D eigenvalue weighted by Crippen LogP contribution is 2.31. The number of aromatic nitrogens is 1. The molecule has 2 nitrogen and oxygen atoms in total. The summed E-state index contributed by atoms with van der Waals surface area (Å²) in [4.78, 5) is 4.52. The zero-order valence-electron chi connectivity index (χ0n) is 11.3. The first-order valence-corrected chi connectivity index (χ1v) is 7.35. The summed E-state index contributed by atoms with van der Waals surface area (Å²) in [7, 11) is 0. The van der Waals surface area contributed by atoms with Crippen LogP contribution in [0.5, 0.6) is 0 Å². The summed E-state index contributed by atoms with van der Waals surface area (Å²) in [6.07, 6.45) is -0.899. The molecule has 21 heavy (non-hydrogen) atoms. The number of halogens is 2. The number of benzene rings is 2. The van der Waals surface area contributed by atoms with Gasteiger partial charge in [0.05, 0.1) is 11.2 Å². The maximum absolute atomic E-state index is 13.2. The molecule has 0 amide bonds. The minimum absolute atomic E-state index is 0.311. The number of fused-ring (bicyclic) bond motifs is 1. The predicted molar refractivity (Wildman–Crippen MR) is 84.6 cm³/mol. The minimum atomic E-state index is -0.899. The number of nitrogens with zero attached hydrogens (tertiary/aromatic N) is 1. The number of hydrogen-bond donors (Lipinski definition) is 1. The summed E-state index contributed by atoms with van der Waals surface area (Å²) in [5, 5.41) is 11.6. The molecule has 0 saturated heterocycles. The van der Waals surface area contributed by atoms with E-state index in [0.29, 0.717) is 16.8 Å². The van der Waals surface area contributed by atoms with Crippen LogP contribution in [-0.2, 0) is 0 Å². The molecular formula is C17H13BrFNO. The van der Waals surface area contributed by atoms with Crippen LogP contribution in [0.1, 0.15) is 22.9 Å². The van der Waals surface area contributed by atoms with Gasteiger partial charge in [0, 0.05) is 9.86 Å². The lowest BCUT2D eigenvalue weighted by molar-refractivity contribution is 0.214. The monoisotopic (exact) mass is 345 g/mol. The van der Waals surface area contributed by atoms with E-state index in [2.05, 4.69) is 20.9 Å². The van der Waals surface area contributed by atoms with Gasteiger partial charge in [-0.05, 0) is 58.2 Å². The number of aryl methyl sites for hydroxylation is 1. The summed E-state index contributed by atoms with van der Waals surface area (Å²) in [5.41, 5.74) is 2.70. The van der Waals surface area contributed by atoms with Crippen LogP contribution in [0.4, 0.5) is 4.39 Å². The van der Waals surface area contributed by atoms with Gasteiger partial charge in [-0.15, -0.1) is 0 Å². The Hall–Kier alpha value is -1.78. The Labute approximate surface area is 130 Å². The maximum atomic E-state index is 13.2. The molecular weight excluding hydrogens is 333 g/mol. The second-order valence-corrected chi connectivity index (χ2v) is 5.81. The van der Waals surface area contributed by atoms with Crippen LogP contribution in [0.2, 0.25) is 0 Å². The average molecular weight is 346 g/mol. The van der Waals surface area contributed by atoms with Gasteiger partial charge in [-0.25, -0.2) is 9.37 Å². The largest absolute Gasteiger partial charge is 0.382 e. The van der Waals surface area contributed by atoms with E-state index in [4.69, 9.17) is 0 Å². The molecule has 1 aromatic heterocycles. The highest BCUT2D eigenvalue weighted by atomic mass is 79.9. The Balaban J connectivity index is 2.12. The summed E-state index contributed by atoms with van der Waals surface area (Å²) < 4.78 is 13.9. The number of pyridine rings is 1. The van der Waals surface area contributed by atoms with E-state index < -0.39 is 6.10 Å². The van der Waals surface area contributed by atoms with Crippen molar-refractivity contribution in [1.82, 2.24) is 4.98 Å². The van der Waals surface area contributed by atoms with Crippen molar-refractivity contribution < 1.29 is 9.50 Å². The Morgan fingerprint density at radius 2 is 1.90 bits per heavy atom. The fraction of sp³-hybridized carbons (Fsp3) is 0.118. The Bertz CT molecular complexity index is 819. The highest BCUT2D eigenvalue weighted by molar-refractivity contribution is 9.10. The van der Waals surface area contributed by atoms with Crippen molar-refractivity contribution >= 4 is 26.8 Å². The molecule has 3 aromatic rings. The molecule has 0 aliphatic carbocycles. The third-order valence-electron chi connectivity index (χ3n) is 3.49. The molecule has 1 unspecified atom stereocenters. The molecule has 0 bridgehead atoms. The molecule has 1 N–H and O–H groups in total. The van der Waals surface area contributed by atoms with Gasteiger partial charge in [-0.3, -0.25) is 0 Å². The van der Waals surface area contributed by atoms with Gasteiger partial charge in [-0.1, -0.05) is 24.3 Å². The molecule has 0 saturated carbocycles. The molecule has 0 spiro atoms. The van der Waals surface area contributed by atoms with Crippen molar-refractivity contribution in [1.29, 1.82) is 0 Å². The zero-order valence-corrected chi connectivity index (χ0v) is 12.9. The van der Waals surface area contributed by atoms with Gasteiger partial charge >= 0.3 is 0 Å². The Morgan fingerprint density at radius 3 is 2.67 bits per heavy atom. The van der Waals surface area contributed by atoms with Gasteiger partial charge in [-0.2, -0.15) is 0 Å². The molecule has 106 valence electrons. The standard InChI is InChI=1S/C17H13BrFNO/c1-10-8-12(19)6-7-13(10)17(21)16-14(18)9-11-4-2-3-5-15(11)20-16/h2-9,17,21H,1H3. The third-order valence-corrected chi connectivity index (χ3v) is 4.13. The number of hydrogen-bond acceptors (Lipinski definition) is 2. The van der Waals surface area contributed by atoms with Crippen LogP contribution >= 0.6 is 15.9 Å². The number of rotatable bonds is 2. The number of aliphatic hydroxyl groups is 1. The molecule has 0 fully saturated rings. The minimum Gasteiger partial charge on any atom is -0.382 e. The highest BCUT2D eigenvalue weighted by Gasteiger charge is 2.18. The lowest BCUT2D eigenvalue weighted by Gasteiger charge is -2.15. The van der Waals surface area contributed by atoms with Gasteiger partial charge in [0.2, 0.25) is 0 Å². The predicted octanol–water partition coefficient (Wildman–Crippen LogP) is 4.53. The van der Waals surface area contributed by atoms with Crippen molar-refractivity contribution in [3.05, 3.63) is 75.6 Å². The van der Waals surface area contributed by atoms with Crippen LogP contribution in [0, 0.1) is 12.7 Å². The summed E-state index contributed by atoms with van der Waals surface area (Å²) >= 11 is 3.46. The first kappa shape index (κ1) is 14.2. The molecule has 2 aromatic carbocycles. The van der Waals surface area contributed by atoms with Crippen LogP contribution in [-0.4, -0.2) is 10.1 Å². The number of aliphatic hydroxyl groups excluding tert-OH is 1. The maximum Gasteiger partial charge on any atom is 0.123 e. The fourth-order valence-corrected chi connectivity index (χ4v) is 2.94. The second-order valence-electron chi connectivity index (χ2n) is 4.95. The molecule has 1 atom stereocenters. The van der Waals surface area contributed by atoms with E-state index in [9.17, 15) is 9.50 Å². The number of para-hydroxylation sites is 1. The van der Waals surface area contributed by atoms with Gasteiger partial charge < -0.3 is 5.11 Å². The van der Waals surface area contributed by atoms with E-state index in [0.717, 1.165) is 15.4 Å². The van der Waals surface area contributed by atoms with Crippen molar-refractivity contribution in [3.63, 3.8) is 0 Å². The van der Waals surface area contributed by atoms with E-state index in [1.165, 1.54) is 12.1 Å². The first-order chi connectivity index (χ1) is 10.1. The van der Waals surface area contributed by atoms with Gasteiger partial charge in [0.15, 0.2) is 0 Å². The third kappa shape index (κ3) is 2.69. The lowest BCUT2D eigenvalue weighted by atomic mass is 10.00.